The molecule has 1 fully saturated rings. The quantitative estimate of drug-likeness (QED) is 0.809. The van der Waals surface area contributed by atoms with Crippen LogP contribution in [0.3, 0.4) is 0 Å². The van der Waals surface area contributed by atoms with Gasteiger partial charge in [0.1, 0.15) is 0 Å². The number of aromatic nitrogens is 3. The lowest BCUT2D eigenvalue weighted by Crippen LogP contribution is -2.36. The van der Waals surface area contributed by atoms with Gasteiger partial charge in [0.25, 0.3) is 11.8 Å². The Kier molecular flexibility index (Phi) is 4.97. The van der Waals surface area contributed by atoms with Crippen molar-refractivity contribution in [3.8, 4) is 5.88 Å². The van der Waals surface area contributed by atoms with Crippen molar-refractivity contribution < 1.29 is 9.53 Å². The van der Waals surface area contributed by atoms with E-state index in [-0.39, 0.29) is 11.5 Å². The molecule has 0 bridgehead atoms. The molecule has 0 aromatic carbocycles. The Morgan fingerprint density at radius 3 is 2.68 bits per heavy atom. The Morgan fingerprint density at radius 2 is 1.92 bits per heavy atom. The van der Waals surface area contributed by atoms with Gasteiger partial charge < -0.3 is 19.1 Å². The highest BCUT2D eigenvalue weighted by molar-refractivity contribution is 5.94. The zero-order valence-corrected chi connectivity index (χ0v) is 14.4. The molecule has 0 N–H and O–H groups in total. The first-order chi connectivity index (χ1) is 12.1. The van der Waals surface area contributed by atoms with Gasteiger partial charge in [-0.15, -0.1) is 0 Å². The van der Waals surface area contributed by atoms with E-state index < -0.39 is 0 Å². The third-order valence-corrected chi connectivity index (χ3v) is 4.26. The van der Waals surface area contributed by atoms with Crippen LogP contribution >= 0.6 is 0 Å². The van der Waals surface area contributed by atoms with Crippen LogP contribution < -0.4 is 15.2 Å². The van der Waals surface area contributed by atoms with Gasteiger partial charge in [-0.25, -0.2) is 9.97 Å². The lowest BCUT2D eigenvalue weighted by Gasteiger charge is -2.23. The molecular weight excluding hydrogens is 322 g/mol. The summed E-state index contributed by atoms with van der Waals surface area (Å²) in [6.07, 6.45) is 5.63. The number of nitrogens with zero attached hydrogens (tertiary/aromatic N) is 5. The van der Waals surface area contributed by atoms with E-state index in [2.05, 4.69) is 14.9 Å². The number of carbonyl (C=O) groups is 1. The van der Waals surface area contributed by atoms with Gasteiger partial charge in [0.2, 0.25) is 5.56 Å². The Morgan fingerprint density at radius 1 is 1.12 bits per heavy atom. The van der Waals surface area contributed by atoms with E-state index in [0.717, 1.165) is 13.0 Å². The van der Waals surface area contributed by atoms with Gasteiger partial charge in [-0.05, 0) is 12.5 Å². The average molecular weight is 343 g/mol. The van der Waals surface area contributed by atoms with Gasteiger partial charge in [-0.1, -0.05) is 0 Å². The van der Waals surface area contributed by atoms with Crippen molar-refractivity contribution in [3.05, 3.63) is 46.6 Å². The first kappa shape index (κ1) is 16.9. The van der Waals surface area contributed by atoms with E-state index in [0.29, 0.717) is 36.9 Å². The molecule has 1 aliphatic rings. The zero-order chi connectivity index (χ0) is 17.8. The molecule has 3 rings (SSSR count). The molecule has 0 atom stereocenters. The molecule has 1 aliphatic heterocycles. The highest BCUT2D eigenvalue weighted by Crippen LogP contribution is 2.23. The largest absolute Gasteiger partial charge is 0.478 e. The summed E-state index contributed by atoms with van der Waals surface area (Å²) in [5.74, 6) is 1.12. The number of rotatable bonds is 3. The molecule has 132 valence electrons. The zero-order valence-electron chi connectivity index (χ0n) is 14.4. The number of methoxy groups -OCH3 is 1. The monoisotopic (exact) mass is 343 g/mol. The molecule has 25 heavy (non-hydrogen) atoms. The van der Waals surface area contributed by atoms with Crippen molar-refractivity contribution in [1.29, 1.82) is 0 Å². The third-order valence-electron chi connectivity index (χ3n) is 4.26. The van der Waals surface area contributed by atoms with Crippen molar-refractivity contribution in [1.82, 2.24) is 19.4 Å². The van der Waals surface area contributed by atoms with Crippen molar-refractivity contribution >= 4 is 11.7 Å². The Hall–Kier alpha value is -2.90. The van der Waals surface area contributed by atoms with Crippen LogP contribution in [0.15, 0.2) is 35.5 Å². The molecular formula is C17H21N5O3. The predicted octanol–water partition coefficient (Wildman–Crippen LogP) is 0.536. The van der Waals surface area contributed by atoms with E-state index in [4.69, 9.17) is 4.74 Å². The first-order valence-corrected chi connectivity index (χ1v) is 8.16. The van der Waals surface area contributed by atoms with Gasteiger partial charge >= 0.3 is 0 Å². The van der Waals surface area contributed by atoms with E-state index in [1.807, 2.05) is 4.90 Å². The van der Waals surface area contributed by atoms with Crippen LogP contribution in [0.25, 0.3) is 0 Å². The normalized spacial score (nSPS) is 15.0. The molecule has 1 saturated heterocycles. The van der Waals surface area contributed by atoms with E-state index in [9.17, 15) is 9.59 Å². The van der Waals surface area contributed by atoms with Crippen molar-refractivity contribution in [2.24, 2.45) is 7.05 Å². The number of carbonyl (C=O) groups excluding carboxylic acids is 1. The number of hydrogen-bond donors (Lipinski definition) is 0. The maximum Gasteiger partial charge on any atom is 0.257 e. The predicted molar refractivity (Wildman–Crippen MR) is 93.0 cm³/mol. The Balaban J connectivity index is 1.74. The van der Waals surface area contributed by atoms with Crippen LogP contribution in [0.2, 0.25) is 0 Å². The lowest BCUT2D eigenvalue weighted by atomic mass is 10.2. The fourth-order valence-corrected chi connectivity index (χ4v) is 2.91. The van der Waals surface area contributed by atoms with Crippen LogP contribution in [0.1, 0.15) is 16.8 Å². The summed E-state index contributed by atoms with van der Waals surface area (Å²) in [5.41, 5.74) is 0.390. The molecule has 3 heterocycles. The van der Waals surface area contributed by atoms with Crippen LogP contribution in [-0.2, 0) is 7.05 Å². The van der Waals surface area contributed by atoms with E-state index in [1.54, 1.807) is 38.8 Å². The summed E-state index contributed by atoms with van der Waals surface area (Å²) in [4.78, 5) is 36.6. The number of amides is 1. The second-order valence-electron chi connectivity index (χ2n) is 5.89. The molecule has 0 saturated carbocycles. The van der Waals surface area contributed by atoms with Crippen LogP contribution in [0.5, 0.6) is 5.88 Å². The smallest absolute Gasteiger partial charge is 0.257 e. The van der Waals surface area contributed by atoms with Gasteiger partial charge in [-0.3, -0.25) is 9.59 Å². The fraction of sp³-hybridized carbons (Fsp3) is 0.412. The van der Waals surface area contributed by atoms with E-state index >= 15 is 0 Å². The fourth-order valence-electron chi connectivity index (χ4n) is 2.91. The summed E-state index contributed by atoms with van der Waals surface area (Å²) < 4.78 is 6.70. The van der Waals surface area contributed by atoms with Gasteiger partial charge in [0.05, 0.1) is 12.7 Å². The molecule has 0 radical (unpaired) electrons. The molecule has 8 heteroatoms. The van der Waals surface area contributed by atoms with Crippen LogP contribution in [-0.4, -0.2) is 58.6 Å². The van der Waals surface area contributed by atoms with Gasteiger partial charge in [0.15, 0.2) is 5.82 Å². The maximum atomic E-state index is 12.7. The minimum atomic E-state index is -0.131. The standard InChI is InChI=1S/C17H21N5O3/c1-20-12-13(4-5-14(20)23)17(24)22-9-3-8-21(10-11-22)15-16(25-2)19-7-6-18-15/h4-7,12H,3,8-11H2,1-2H3. The number of anilines is 1. The Bertz CT molecular complexity index is 820. The average Bonchev–Trinajstić information content (AvgIpc) is 2.89. The lowest BCUT2D eigenvalue weighted by molar-refractivity contribution is 0.0766. The van der Waals surface area contributed by atoms with Gasteiger partial charge in [-0.2, -0.15) is 0 Å². The molecule has 2 aromatic heterocycles. The second kappa shape index (κ2) is 7.33. The SMILES string of the molecule is COc1nccnc1N1CCCN(C(=O)c2ccc(=O)n(C)c2)CC1. The minimum absolute atomic E-state index is 0.0661. The van der Waals surface area contributed by atoms with E-state index in [1.165, 1.54) is 10.6 Å². The number of hydrogen-bond acceptors (Lipinski definition) is 6. The number of ether oxygens (including phenoxy) is 1. The Labute approximate surface area is 145 Å². The molecule has 8 nitrogen and oxygen atoms in total. The topological polar surface area (TPSA) is 80.6 Å². The molecule has 0 spiro atoms. The van der Waals surface area contributed by atoms with Crippen LogP contribution in [0.4, 0.5) is 5.82 Å². The summed E-state index contributed by atoms with van der Waals surface area (Å²) >= 11 is 0. The molecule has 1 amide bonds. The molecule has 0 aliphatic carbocycles. The molecule has 2 aromatic rings. The maximum absolute atomic E-state index is 12.7. The third kappa shape index (κ3) is 3.62. The highest BCUT2D eigenvalue weighted by atomic mass is 16.5. The number of aryl methyl sites for hydroxylation is 1. The summed E-state index contributed by atoms with van der Waals surface area (Å²) in [5, 5.41) is 0. The van der Waals surface area contributed by atoms with Crippen molar-refractivity contribution in [2.45, 2.75) is 6.42 Å². The summed E-state index contributed by atoms with van der Waals surface area (Å²) in [7, 11) is 3.21. The first-order valence-electron chi connectivity index (χ1n) is 8.16. The van der Waals surface area contributed by atoms with Crippen molar-refractivity contribution in [3.63, 3.8) is 0 Å². The van der Waals surface area contributed by atoms with Crippen molar-refractivity contribution in [2.75, 3.05) is 38.2 Å². The molecule has 0 unspecified atom stereocenters. The summed E-state index contributed by atoms with van der Waals surface area (Å²) in [6, 6.07) is 3.00. The number of pyridine rings is 1. The van der Waals surface area contributed by atoms with Gasteiger partial charge in [0, 0.05) is 57.9 Å². The second-order valence-corrected chi connectivity index (χ2v) is 5.89. The highest BCUT2D eigenvalue weighted by Gasteiger charge is 2.23. The summed E-state index contributed by atoms with van der Waals surface area (Å²) in [6.45, 7) is 2.64. The minimum Gasteiger partial charge on any atom is -0.478 e. The van der Waals surface area contributed by atoms with Crippen LogP contribution in [0, 0.1) is 0 Å².